The quantitative estimate of drug-likeness (QED) is 0.784. The Kier molecular flexibility index (Phi) is 4.41. The largest absolute Gasteiger partial charge is 0.465 e. The van der Waals surface area contributed by atoms with Crippen LogP contribution in [0.4, 0.5) is 10.7 Å². The molecule has 1 aliphatic carbocycles. The van der Waals surface area contributed by atoms with Gasteiger partial charge in [0.05, 0.1) is 19.4 Å². The number of anilines is 2. The highest BCUT2D eigenvalue weighted by atomic mass is 32.1. The van der Waals surface area contributed by atoms with Crippen molar-refractivity contribution in [1.82, 2.24) is 0 Å². The molecule has 21 heavy (non-hydrogen) atoms. The van der Waals surface area contributed by atoms with Crippen molar-refractivity contribution in [3.05, 3.63) is 10.4 Å². The van der Waals surface area contributed by atoms with Crippen molar-refractivity contribution in [2.45, 2.75) is 26.7 Å². The van der Waals surface area contributed by atoms with Crippen LogP contribution in [0.1, 0.15) is 46.7 Å². The molecule has 1 aromatic heterocycles. The SMILES string of the molecule is CCOC(=O)c1sc(NCC2(C)CC2)c(C(=O)OC)c1N. The van der Waals surface area contributed by atoms with Crippen LogP contribution in [-0.2, 0) is 9.47 Å². The molecule has 0 unspecified atom stereocenters. The first-order valence-electron chi connectivity index (χ1n) is 6.83. The van der Waals surface area contributed by atoms with Crippen LogP contribution in [0.15, 0.2) is 0 Å². The van der Waals surface area contributed by atoms with Gasteiger partial charge in [-0.1, -0.05) is 6.92 Å². The van der Waals surface area contributed by atoms with Crippen molar-refractivity contribution in [1.29, 1.82) is 0 Å². The van der Waals surface area contributed by atoms with Gasteiger partial charge in [-0.05, 0) is 25.2 Å². The van der Waals surface area contributed by atoms with E-state index in [1.54, 1.807) is 6.92 Å². The lowest BCUT2D eigenvalue weighted by molar-refractivity contribution is 0.0533. The standard InChI is InChI=1S/C14H20N2O4S/c1-4-20-13(18)10-9(15)8(12(17)19-3)11(21-10)16-7-14(2)5-6-14/h16H,4-7,15H2,1-3H3. The number of esters is 2. The van der Waals surface area contributed by atoms with Gasteiger partial charge in [-0.3, -0.25) is 0 Å². The van der Waals surface area contributed by atoms with Gasteiger partial charge in [-0.25, -0.2) is 9.59 Å². The fraction of sp³-hybridized carbons (Fsp3) is 0.571. The minimum Gasteiger partial charge on any atom is -0.465 e. The van der Waals surface area contributed by atoms with E-state index in [1.807, 2.05) is 0 Å². The number of carbonyl (C=O) groups excluding carboxylic acids is 2. The Morgan fingerprint density at radius 2 is 2.05 bits per heavy atom. The molecule has 1 fully saturated rings. The van der Waals surface area contributed by atoms with Crippen molar-refractivity contribution in [2.75, 3.05) is 31.3 Å². The maximum Gasteiger partial charge on any atom is 0.350 e. The number of hydrogen-bond donors (Lipinski definition) is 2. The summed E-state index contributed by atoms with van der Waals surface area (Å²) in [7, 11) is 1.29. The molecule has 1 heterocycles. The topological polar surface area (TPSA) is 90.6 Å². The Labute approximate surface area is 127 Å². The lowest BCUT2D eigenvalue weighted by atomic mass is 10.1. The highest BCUT2D eigenvalue weighted by Gasteiger charge is 2.37. The van der Waals surface area contributed by atoms with Gasteiger partial charge in [-0.15, -0.1) is 11.3 Å². The van der Waals surface area contributed by atoms with E-state index in [1.165, 1.54) is 7.11 Å². The van der Waals surface area contributed by atoms with E-state index < -0.39 is 11.9 Å². The zero-order valence-electron chi connectivity index (χ0n) is 12.4. The van der Waals surface area contributed by atoms with Gasteiger partial charge in [0, 0.05) is 6.54 Å². The van der Waals surface area contributed by atoms with E-state index in [9.17, 15) is 9.59 Å². The molecule has 0 spiro atoms. The molecule has 1 saturated carbocycles. The first kappa shape index (κ1) is 15.6. The van der Waals surface area contributed by atoms with Crippen molar-refractivity contribution < 1.29 is 19.1 Å². The number of methoxy groups -OCH3 is 1. The first-order chi connectivity index (χ1) is 9.91. The molecule has 0 bridgehead atoms. The smallest absolute Gasteiger partial charge is 0.350 e. The lowest BCUT2D eigenvalue weighted by Gasteiger charge is -2.11. The number of nitrogens with one attached hydrogen (secondary N) is 1. The molecule has 0 radical (unpaired) electrons. The molecule has 2 rings (SSSR count). The highest BCUT2D eigenvalue weighted by molar-refractivity contribution is 7.19. The zero-order valence-corrected chi connectivity index (χ0v) is 13.3. The Bertz CT molecular complexity index is 564. The van der Waals surface area contributed by atoms with Crippen molar-refractivity contribution >= 4 is 34.0 Å². The van der Waals surface area contributed by atoms with Crippen molar-refractivity contribution in [3.63, 3.8) is 0 Å². The third kappa shape index (κ3) is 3.29. The van der Waals surface area contributed by atoms with E-state index in [0.29, 0.717) is 5.00 Å². The van der Waals surface area contributed by atoms with Crippen LogP contribution >= 0.6 is 11.3 Å². The molecule has 1 aliphatic rings. The Hall–Kier alpha value is -1.76. The average Bonchev–Trinajstić information content (AvgIpc) is 3.09. The van der Waals surface area contributed by atoms with Crippen LogP contribution < -0.4 is 11.1 Å². The van der Waals surface area contributed by atoms with Gasteiger partial charge >= 0.3 is 11.9 Å². The maximum atomic E-state index is 11.9. The van der Waals surface area contributed by atoms with E-state index in [-0.39, 0.29) is 28.1 Å². The highest BCUT2D eigenvalue weighted by Crippen LogP contribution is 2.46. The number of nitrogen functional groups attached to an aromatic ring is 1. The molecule has 0 saturated heterocycles. The minimum absolute atomic E-state index is 0.119. The summed E-state index contributed by atoms with van der Waals surface area (Å²) in [5.74, 6) is -1.07. The first-order valence-corrected chi connectivity index (χ1v) is 7.65. The molecule has 0 aliphatic heterocycles. The second kappa shape index (κ2) is 5.93. The summed E-state index contributed by atoms with van der Waals surface area (Å²) in [5.41, 5.74) is 6.53. The third-order valence-electron chi connectivity index (χ3n) is 3.57. The summed E-state index contributed by atoms with van der Waals surface area (Å²) in [6.07, 6.45) is 2.30. The molecule has 0 atom stereocenters. The van der Waals surface area contributed by atoms with Gasteiger partial charge in [0.15, 0.2) is 0 Å². The van der Waals surface area contributed by atoms with Gasteiger partial charge in [0.2, 0.25) is 0 Å². The van der Waals surface area contributed by atoms with Gasteiger partial charge in [0.25, 0.3) is 0 Å². The van der Waals surface area contributed by atoms with Crippen LogP contribution in [-0.4, -0.2) is 32.2 Å². The summed E-state index contributed by atoms with van der Waals surface area (Å²) >= 11 is 1.13. The van der Waals surface area contributed by atoms with Crippen molar-refractivity contribution in [2.24, 2.45) is 5.41 Å². The summed E-state index contributed by atoms with van der Waals surface area (Å²) in [4.78, 5) is 24.0. The van der Waals surface area contributed by atoms with Gasteiger partial charge < -0.3 is 20.5 Å². The fourth-order valence-corrected chi connectivity index (χ4v) is 2.90. The molecule has 0 amide bonds. The van der Waals surface area contributed by atoms with E-state index in [0.717, 1.165) is 30.7 Å². The van der Waals surface area contributed by atoms with E-state index in [4.69, 9.17) is 15.2 Å². The molecular weight excluding hydrogens is 292 g/mol. The number of hydrogen-bond acceptors (Lipinski definition) is 7. The van der Waals surface area contributed by atoms with Crippen LogP contribution in [0.25, 0.3) is 0 Å². The van der Waals surface area contributed by atoms with Crippen LogP contribution in [0, 0.1) is 5.41 Å². The second-order valence-electron chi connectivity index (χ2n) is 5.43. The summed E-state index contributed by atoms with van der Waals surface area (Å²) in [6, 6.07) is 0. The minimum atomic E-state index is -0.553. The number of carbonyl (C=O) groups is 2. The molecule has 0 aromatic carbocycles. The Morgan fingerprint density at radius 3 is 2.57 bits per heavy atom. The number of rotatable bonds is 6. The van der Waals surface area contributed by atoms with Gasteiger partial charge in [0.1, 0.15) is 15.4 Å². The molecule has 7 heteroatoms. The third-order valence-corrected chi connectivity index (χ3v) is 4.72. The lowest BCUT2D eigenvalue weighted by Crippen LogP contribution is -2.14. The maximum absolute atomic E-state index is 11.9. The van der Waals surface area contributed by atoms with Crippen LogP contribution in [0.3, 0.4) is 0 Å². The predicted octanol–water partition coefficient (Wildman–Crippen LogP) is 2.51. The normalized spacial score (nSPS) is 15.4. The van der Waals surface area contributed by atoms with E-state index in [2.05, 4.69) is 12.2 Å². The summed E-state index contributed by atoms with van der Waals surface area (Å²) in [5, 5.41) is 3.78. The molecule has 116 valence electrons. The molecule has 6 nitrogen and oxygen atoms in total. The van der Waals surface area contributed by atoms with Crippen LogP contribution in [0.2, 0.25) is 0 Å². The van der Waals surface area contributed by atoms with Crippen LogP contribution in [0.5, 0.6) is 0 Å². The fourth-order valence-electron chi connectivity index (χ4n) is 1.91. The average molecular weight is 312 g/mol. The molecule has 1 aromatic rings. The summed E-state index contributed by atoms with van der Waals surface area (Å²) in [6.45, 7) is 4.88. The molecule has 3 N–H and O–H groups in total. The Balaban J connectivity index is 2.29. The number of ether oxygens (including phenoxy) is 2. The van der Waals surface area contributed by atoms with Crippen molar-refractivity contribution in [3.8, 4) is 0 Å². The second-order valence-corrected chi connectivity index (χ2v) is 6.45. The predicted molar refractivity (Wildman–Crippen MR) is 81.9 cm³/mol. The zero-order chi connectivity index (χ0) is 15.6. The Morgan fingerprint density at radius 1 is 1.38 bits per heavy atom. The monoisotopic (exact) mass is 312 g/mol. The van der Waals surface area contributed by atoms with Gasteiger partial charge in [-0.2, -0.15) is 0 Å². The summed E-state index contributed by atoms with van der Waals surface area (Å²) < 4.78 is 9.71. The number of thiophene rings is 1. The number of nitrogens with two attached hydrogens (primary N) is 1. The van der Waals surface area contributed by atoms with E-state index >= 15 is 0 Å². The molecular formula is C14H20N2O4S.